The van der Waals surface area contributed by atoms with Gasteiger partial charge in [-0.05, 0) is 187 Å². The second-order valence-corrected chi connectivity index (χ2v) is 18.6. The monoisotopic (exact) mass is 668 g/mol. The summed E-state index contributed by atoms with van der Waals surface area (Å²) in [6.45, 7) is 4.99. The summed E-state index contributed by atoms with van der Waals surface area (Å²) in [7, 11) is 0. The van der Waals surface area contributed by atoms with Crippen LogP contribution in [0.2, 0.25) is 0 Å². The van der Waals surface area contributed by atoms with Crippen molar-refractivity contribution in [2.45, 2.75) is 101 Å². The van der Waals surface area contributed by atoms with Crippen LogP contribution < -0.4 is 0 Å². The number of benzene rings is 4. The highest BCUT2D eigenvalue weighted by Gasteiger charge is 2.66. The van der Waals surface area contributed by atoms with E-state index in [1.54, 1.807) is 0 Å². The molecule has 0 aliphatic heterocycles. The Hall–Kier alpha value is -3.92. The predicted octanol–water partition coefficient (Wildman–Crippen LogP) is 10.5. The van der Waals surface area contributed by atoms with Crippen molar-refractivity contribution >= 4 is 0 Å². The molecule has 8 aliphatic carbocycles. The molecular weight excluding hydrogens is 617 g/mol. The first kappa shape index (κ1) is 32.0. The molecule has 0 unspecified atom stereocenters. The van der Waals surface area contributed by atoms with E-state index in [0.29, 0.717) is 45.7 Å². The topological polar surface area (TPSA) is 80.9 Å². The molecule has 0 heterocycles. The van der Waals surface area contributed by atoms with Crippen LogP contribution in [0.15, 0.2) is 97.1 Å². The van der Waals surface area contributed by atoms with Crippen molar-refractivity contribution < 1.29 is 20.4 Å². The molecule has 0 amide bonds. The summed E-state index contributed by atoms with van der Waals surface area (Å²) in [6.07, 6.45) is 14.3. The molecule has 0 aromatic heterocycles. The second kappa shape index (κ2) is 11.0. The fourth-order valence-electron chi connectivity index (χ4n) is 14.4. The maximum atomic E-state index is 9.77. The maximum absolute atomic E-state index is 9.77. The minimum atomic E-state index is 0.0504. The highest BCUT2D eigenvalue weighted by Crippen LogP contribution is 2.74. The van der Waals surface area contributed by atoms with Crippen molar-refractivity contribution in [3.05, 3.63) is 119 Å². The van der Waals surface area contributed by atoms with E-state index < -0.39 is 0 Å². The minimum absolute atomic E-state index is 0.0504. The standard InChI is InChI=1S/C24H28O2.C22H24O2/c1-21-11-22(2)14-23(12-21,17-3-7-19(25)8-4-17)16-24(13-21,15-22)18-5-9-20(26)10-6-18;23-20-5-1-16(2-6-20)22(17-3-7-21(24)8-4-17)18-10-14-9-15(12-18)13-19(22)11-14/h3-10,25-26H,11-16H2,1-2H3;1-8,14-15,18-19,23-24H,9-13H2. The number of phenolic OH excluding ortho intramolecular Hbond substituents is 4. The lowest BCUT2D eigenvalue weighted by Crippen LogP contribution is -2.62. The molecule has 4 N–H and O–H groups in total. The van der Waals surface area contributed by atoms with Crippen LogP contribution in [-0.4, -0.2) is 20.4 Å². The second-order valence-electron chi connectivity index (χ2n) is 18.6. The summed E-state index contributed by atoms with van der Waals surface area (Å²) < 4.78 is 0. The van der Waals surface area contributed by atoms with Gasteiger partial charge in [-0.15, -0.1) is 0 Å². The van der Waals surface area contributed by atoms with Gasteiger partial charge in [0.25, 0.3) is 0 Å². The summed E-state index contributed by atoms with van der Waals surface area (Å²) in [5.74, 6) is 4.57. The fourth-order valence-corrected chi connectivity index (χ4v) is 14.4. The van der Waals surface area contributed by atoms with Crippen molar-refractivity contribution in [1.29, 1.82) is 0 Å². The summed E-state index contributed by atoms with van der Waals surface area (Å²) in [6, 6.07) is 31.9. The Morgan fingerprint density at radius 3 is 1.00 bits per heavy atom. The third-order valence-electron chi connectivity index (χ3n) is 14.7. The third-order valence-corrected chi connectivity index (χ3v) is 14.7. The Balaban J connectivity index is 0.000000135. The van der Waals surface area contributed by atoms with Crippen molar-refractivity contribution in [1.82, 2.24) is 0 Å². The number of hydrogen-bond acceptors (Lipinski definition) is 4. The highest BCUT2D eigenvalue weighted by atomic mass is 16.3. The van der Waals surface area contributed by atoms with Crippen molar-refractivity contribution in [3.8, 4) is 23.0 Å². The molecular formula is C46H52O4. The summed E-state index contributed by atoms with van der Waals surface area (Å²) in [5, 5.41) is 39.1. The van der Waals surface area contributed by atoms with Crippen molar-refractivity contribution in [2.75, 3.05) is 0 Å². The van der Waals surface area contributed by atoms with Gasteiger partial charge in [0.1, 0.15) is 23.0 Å². The molecule has 8 saturated carbocycles. The predicted molar refractivity (Wildman–Crippen MR) is 198 cm³/mol. The largest absolute Gasteiger partial charge is 0.508 e. The van der Waals surface area contributed by atoms with Crippen molar-refractivity contribution in [3.63, 3.8) is 0 Å². The first-order valence-corrected chi connectivity index (χ1v) is 19.1. The molecule has 50 heavy (non-hydrogen) atoms. The molecule has 0 radical (unpaired) electrons. The number of hydrogen-bond donors (Lipinski definition) is 4. The summed E-state index contributed by atoms with van der Waals surface area (Å²) in [5.41, 5.74) is 6.66. The zero-order valence-electron chi connectivity index (χ0n) is 29.6. The summed E-state index contributed by atoms with van der Waals surface area (Å²) >= 11 is 0. The Morgan fingerprint density at radius 1 is 0.380 bits per heavy atom. The highest BCUT2D eigenvalue weighted by molar-refractivity contribution is 5.47. The Kier molecular flexibility index (Phi) is 7.07. The summed E-state index contributed by atoms with van der Waals surface area (Å²) in [4.78, 5) is 0. The van der Waals surface area contributed by atoms with E-state index in [-0.39, 0.29) is 16.2 Å². The number of phenols is 4. The molecule has 260 valence electrons. The average Bonchev–Trinajstić information content (AvgIpc) is 3.05. The Bertz CT molecular complexity index is 1710. The SMILES string of the molecule is CC12CC3(C)CC(c4ccc(O)cc4)(C1)CC(c1ccc(O)cc1)(C2)C3.Oc1ccc(C2(c3ccc(O)cc3)C3CC4CC(C3)CC2C4)cc1. The van der Waals surface area contributed by atoms with Crippen LogP contribution in [-0.2, 0) is 16.2 Å². The van der Waals surface area contributed by atoms with Gasteiger partial charge < -0.3 is 20.4 Å². The van der Waals surface area contributed by atoms with Gasteiger partial charge in [-0.1, -0.05) is 62.4 Å². The molecule has 4 nitrogen and oxygen atoms in total. The molecule has 8 aliphatic rings. The first-order chi connectivity index (χ1) is 23.9. The lowest BCUT2D eigenvalue weighted by Gasteiger charge is -2.70. The molecule has 4 aromatic carbocycles. The zero-order chi connectivity index (χ0) is 34.5. The van der Waals surface area contributed by atoms with Crippen LogP contribution in [0.1, 0.15) is 107 Å². The minimum Gasteiger partial charge on any atom is -0.508 e. The van der Waals surface area contributed by atoms with E-state index >= 15 is 0 Å². The Labute approximate surface area is 297 Å². The van der Waals surface area contributed by atoms with Crippen molar-refractivity contribution in [2.24, 2.45) is 34.5 Å². The van der Waals surface area contributed by atoms with Crippen LogP contribution in [0.25, 0.3) is 0 Å². The van der Waals surface area contributed by atoms with E-state index in [4.69, 9.17) is 0 Å². The van der Waals surface area contributed by atoms with Crippen LogP contribution in [0, 0.1) is 34.5 Å². The smallest absolute Gasteiger partial charge is 0.115 e. The van der Waals surface area contributed by atoms with E-state index in [0.717, 1.165) is 11.8 Å². The van der Waals surface area contributed by atoms with Gasteiger partial charge in [-0.25, -0.2) is 0 Å². The van der Waals surface area contributed by atoms with E-state index in [1.165, 1.54) is 92.9 Å². The zero-order valence-corrected chi connectivity index (χ0v) is 29.6. The Morgan fingerprint density at radius 2 is 0.680 bits per heavy atom. The van der Waals surface area contributed by atoms with Gasteiger partial charge in [-0.2, -0.15) is 0 Å². The molecule has 0 atom stereocenters. The quantitative estimate of drug-likeness (QED) is 0.174. The fraction of sp³-hybridized carbons (Fsp3) is 0.478. The molecule has 8 bridgehead atoms. The van der Waals surface area contributed by atoms with Gasteiger partial charge in [0.2, 0.25) is 0 Å². The lowest BCUT2D eigenvalue weighted by atomic mass is 9.34. The average molecular weight is 669 g/mol. The van der Waals surface area contributed by atoms with Crippen LogP contribution >= 0.6 is 0 Å². The molecule has 0 saturated heterocycles. The molecule has 4 heteroatoms. The van der Waals surface area contributed by atoms with E-state index in [1.807, 2.05) is 48.5 Å². The molecule has 8 fully saturated rings. The number of rotatable bonds is 4. The van der Waals surface area contributed by atoms with Crippen LogP contribution in [0.4, 0.5) is 0 Å². The lowest BCUT2D eigenvalue weighted by molar-refractivity contribution is -0.126. The van der Waals surface area contributed by atoms with E-state index in [2.05, 4.69) is 62.4 Å². The first-order valence-electron chi connectivity index (χ1n) is 19.1. The third kappa shape index (κ3) is 4.99. The maximum Gasteiger partial charge on any atom is 0.115 e. The number of aromatic hydroxyl groups is 4. The van der Waals surface area contributed by atoms with Crippen LogP contribution in [0.3, 0.4) is 0 Å². The molecule has 12 rings (SSSR count). The van der Waals surface area contributed by atoms with Gasteiger partial charge in [0.15, 0.2) is 0 Å². The van der Waals surface area contributed by atoms with Crippen LogP contribution in [0.5, 0.6) is 23.0 Å². The van der Waals surface area contributed by atoms with E-state index in [9.17, 15) is 20.4 Å². The van der Waals surface area contributed by atoms with Gasteiger partial charge >= 0.3 is 0 Å². The van der Waals surface area contributed by atoms with Gasteiger partial charge in [0.05, 0.1) is 0 Å². The normalized spacial score (nSPS) is 36.9. The van der Waals surface area contributed by atoms with Gasteiger partial charge in [0, 0.05) is 5.41 Å². The van der Waals surface area contributed by atoms with Gasteiger partial charge in [-0.3, -0.25) is 0 Å². The molecule has 0 spiro atoms. The molecule has 4 aromatic rings.